The van der Waals surface area contributed by atoms with Crippen LogP contribution in [0.1, 0.15) is 12.5 Å². The second-order valence-corrected chi connectivity index (χ2v) is 3.56. The number of rotatable bonds is 2. The summed E-state index contributed by atoms with van der Waals surface area (Å²) in [5.74, 6) is 0. The maximum atomic E-state index is 5.59. The van der Waals surface area contributed by atoms with Crippen molar-refractivity contribution >= 4 is 22.9 Å². The molecule has 0 unspecified atom stereocenters. The van der Waals surface area contributed by atoms with Crippen molar-refractivity contribution in [3.63, 3.8) is 0 Å². The van der Waals surface area contributed by atoms with Gasteiger partial charge in [-0.15, -0.1) is 0 Å². The highest BCUT2D eigenvalue weighted by atomic mass is 32.2. The number of para-hydroxylation sites is 1. The first-order valence-corrected chi connectivity index (χ1v) is 5.50. The zero-order valence-electron chi connectivity index (χ0n) is 7.70. The van der Waals surface area contributed by atoms with Crippen LogP contribution in [0.15, 0.2) is 27.8 Å². The molecule has 2 rings (SSSR count). The van der Waals surface area contributed by atoms with E-state index in [0.717, 1.165) is 22.7 Å². The van der Waals surface area contributed by atoms with Crippen LogP contribution in [0, 0.1) is 0 Å². The monoisotopic (exact) mass is 193 g/mol. The highest BCUT2D eigenvalue weighted by Crippen LogP contribution is 2.24. The zero-order chi connectivity index (χ0) is 9.26. The van der Waals surface area contributed by atoms with Gasteiger partial charge in [-0.2, -0.15) is 0 Å². The molecule has 1 heterocycles. The van der Waals surface area contributed by atoms with Crippen LogP contribution in [-0.4, -0.2) is 11.2 Å². The lowest BCUT2D eigenvalue weighted by atomic mass is 10.1. The first-order chi connectivity index (χ1) is 6.35. The van der Waals surface area contributed by atoms with Gasteiger partial charge >= 0.3 is 0 Å². The lowest BCUT2D eigenvalue weighted by Gasteiger charge is -1.94. The fourth-order valence-electron chi connectivity index (χ4n) is 1.35. The van der Waals surface area contributed by atoms with Crippen LogP contribution in [0.5, 0.6) is 0 Å². The smallest absolute Gasteiger partial charge is 0.256 e. The predicted molar refractivity (Wildman–Crippen MR) is 55.2 cm³/mol. The summed E-state index contributed by atoms with van der Waals surface area (Å²) in [7, 11) is 0. The van der Waals surface area contributed by atoms with Crippen LogP contribution in [0.25, 0.3) is 11.1 Å². The van der Waals surface area contributed by atoms with Crippen LogP contribution in [-0.2, 0) is 6.42 Å². The number of hydrogen-bond acceptors (Lipinski definition) is 3. The van der Waals surface area contributed by atoms with Crippen LogP contribution in [0.3, 0.4) is 0 Å². The van der Waals surface area contributed by atoms with Crippen LogP contribution >= 0.6 is 11.8 Å². The molecule has 0 aliphatic carbocycles. The van der Waals surface area contributed by atoms with E-state index in [4.69, 9.17) is 4.42 Å². The average molecular weight is 193 g/mol. The van der Waals surface area contributed by atoms with E-state index in [1.807, 2.05) is 18.4 Å². The molecule has 0 amide bonds. The Hall–Kier alpha value is -0.960. The molecule has 13 heavy (non-hydrogen) atoms. The summed E-state index contributed by atoms with van der Waals surface area (Å²) in [6, 6.07) is 6.09. The molecule has 0 fully saturated rings. The van der Waals surface area contributed by atoms with E-state index < -0.39 is 0 Å². The van der Waals surface area contributed by atoms with Gasteiger partial charge in [0.05, 0.1) is 0 Å². The molecule has 1 aromatic carbocycles. The van der Waals surface area contributed by atoms with Crippen LogP contribution < -0.4 is 0 Å². The highest BCUT2D eigenvalue weighted by molar-refractivity contribution is 7.98. The number of aromatic nitrogens is 1. The average Bonchev–Trinajstić information content (AvgIpc) is 2.59. The quantitative estimate of drug-likeness (QED) is 0.685. The van der Waals surface area contributed by atoms with Gasteiger partial charge in [-0.05, 0) is 24.3 Å². The van der Waals surface area contributed by atoms with E-state index in [2.05, 4.69) is 18.0 Å². The summed E-state index contributed by atoms with van der Waals surface area (Å²) in [6.07, 6.45) is 2.96. The molecule has 0 aliphatic rings. The van der Waals surface area contributed by atoms with E-state index in [9.17, 15) is 0 Å². The zero-order valence-corrected chi connectivity index (χ0v) is 8.52. The minimum atomic E-state index is 0.746. The Morgan fingerprint density at radius 1 is 1.46 bits per heavy atom. The number of fused-ring (bicyclic) bond motifs is 1. The molecule has 0 bridgehead atoms. The van der Waals surface area contributed by atoms with Gasteiger partial charge in [0.2, 0.25) is 0 Å². The second-order valence-electron chi connectivity index (χ2n) is 2.80. The van der Waals surface area contributed by atoms with E-state index in [0.29, 0.717) is 0 Å². The number of aryl methyl sites for hydroxylation is 1. The standard InChI is InChI=1S/C10H11NOS/c1-3-7-5-4-6-8-9(7)12-10(11-8)13-2/h4-6H,3H2,1-2H3. The molecule has 0 saturated heterocycles. The van der Waals surface area contributed by atoms with Gasteiger partial charge in [0.1, 0.15) is 5.52 Å². The van der Waals surface area contributed by atoms with Gasteiger partial charge in [-0.3, -0.25) is 0 Å². The third-order valence-electron chi connectivity index (χ3n) is 2.03. The molecule has 3 heteroatoms. The molecule has 0 aliphatic heterocycles. The Balaban J connectivity index is 2.67. The largest absolute Gasteiger partial charge is 0.431 e. The SMILES string of the molecule is CCc1cccc2nc(SC)oc12. The van der Waals surface area contributed by atoms with Gasteiger partial charge in [0, 0.05) is 0 Å². The summed E-state index contributed by atoms with van der Waals surface area (Å²) >= 11 is 1.54. The maximum absolute atomic E-state index is 5.59. The molecular formula is C10H11NOS. The summed E-state index contributed by atoms with van der Waals surface area (Å²) < 4.78 is 5.59. The fourth-order valence-corrected chi connectivity index (χ4v) is 1.71. The molecule has 2 nitrogen and oxygen atoms in total. The van der Waals surface area contributed by atoms with Crippen LogP contribution in [0.2, 0.25) is 0 Å². The molecule has 0 radical (unpaired) electrons. The molecule has 2 aromatic rings. The molecule has 0 spiro atoms. The van der Waals surface area contributed by atoms with Crippen molar-refractivity contribution in [1.82, 2.24) is 4.98 Å². The number of nitrogens with zero attached hydrogens (tertiary/aromatic N) is 1. The summed E-state index contributed by atoms with van der Waals surface area (Å²) in [4.78, 5) is 4.34. The Morgan fingerprint density at radius 3 is 3.00 bits per heavy atom. The third-order valence-corrected chi connectivity index (χ3v) is 2.56. The first-order valence-electron chi connectivity index (χ1n) is 4.27. The molecular weight excluding hydrogens is 182 g/mol. The Labute approximate surface area is 81.3 Å². The lowest BCUT2D eigenvalue weighted by molar-refractivity contribution is 0.488. The van der Waals surface area contributed by atoms with Crippen molar-refractivity contribution in [2.75, 3.05) is 6.26 Å². The van der Waals surface area contributed by atoms with Gasteiger partial charge in [0.15, 0.2) is 5.58 Å². The van der Waals surface area contributed by atoms with E-state index in [-0.39, 0.29) is 0 Å². The third kappa shape index (κ3) is 1.44. The first kappa shape index (κ1) is 8.63. The molecule has 68 valence electrons. The van der Waals surface area contributed by atoms with Crippen molar-refractivity contribution in [3.8, 4) is 0 Å². The number of hydrogen-bond donors (Lipinski definition) is 0. The van der Waals surface area contributed by atoms with Gasteiger partial charge in [0.25, 0.3) is 5.22 Å². The number of benzene rings is 1. The summed E-state index contributed by atoms with van der Waals surface area (Å²) in [6.45, 7) is 2.12. The van der Waals surface area contributed by atoms with Crippen LogP contribution in [0.4, 0.5) is 0 Å². The van der Waals surface area contributed by atoms with Crippen molar-refractivity contribution in [2.24, 2.45) is 0 Å². The Kier molecular flexibility index (Phi) is 2.27. The van der Waals surface area contributed by atoms with Crippen molar-refractivity contribution in [3.05, 3.63) is 23.8 Å². The number of thioether (sulfide) groups is 1. The minimum Gasteiger partial charge on any atom is -0.431 e. The Morgan fingerprint density at radius 2 is 2.31 bits per heavy atom. The van der Waals surface area contributed by atoms with E-state index >= 15 is 0 Å². The molecule has 0 N–H and O–H groups in total. The number of oxazole rings is 1. The topological polar surface area (TPSA) is 26.0 Å². The van der Waals surface area contributed by atoms with E-state index in [1.165, 1.54) is 17.3 Å². The predicted octanol–water partition coefficient (Wildman–Crippen LogP) is 3.11. The van der Waals surface area contributed by atoms with Gasteiger partial charge < -0.3 is 4.42 Å². The maximum Gasteiger partial charge on any atom is 0.256 e. The van der Waals surface area contributed by atoms with Gasteiger partial charge in [-0.25, -0.2) is 4.98 Å². The van der Waals surface area contributed by atoms with Crippen molar-refractivity contribution in [1.29, 1.82) is 0 Å². The molecule has 0 saturated carbocycles. The summed E-state index contributed by atoms with van der Waals surface area (Å²) in [5, 5.41) is 0.746. The lowest BCUT2D eigenvalue weighted by Crippen LogP contribution is -1.79. The van der Waals surface area contributed by atoms with Crippen molar-refractivity contribution < 1.29 is 4.42 Å². The summed E-state index contributed by atoms with van der Waals surface area (Å²) in [5.41, 5.74) is 3.13. The highest BCUT2D eigenvalue weighted by Gasteiger charge is 2.06. The normalized spacial score (nSPS) is 10.9. The minimum absolute atomic E-state index is 0.746. The second kappa shape index (κ2) is 3.42. The van der Waals surface area contributed by atoms with Gasteiger partial charge in [-0.1, -0.05) is 30.8 Å². The fraction of sp³-hybridized carbons (Fsp3) is 0.300. The van der Waals surface area contributed by atoms with Crippen molar-refractivity contribution in [2.45, 2.75) is 18.6 Å². The molecule has 1 aromatic heterocycles. The Bertz CT molecular complexity index is 422. The molecule has 0 atom stereocenters. The van der Waals surface area contributed by atoms with E-state index in [1.54, 1.807) is 0 Å².